The second-order valence-electron chi connectivity index (χ2n) is 6.14. The third kappa shape index (κ3) is 4.17. The minimum absolute atomic E-state index is 0.0581. The number of nitriles is 2. The Morgan fingerprint density at radius 2 is 1.75 bits per heavy atom. The Labute approximate surface area is 163 Å². The van der Waals surface area contributed by atoms with Crippen molar-refractivity contribution < 1.29 is 9.21 Å². The van der Waals surface area contributed by atoms with Crippen molar-refractivity contribution in [1.82, 2.24) is 5.32 Å². The zero-order chi connectivity index (χ0) is 19.9. The van der Waals surface area contributed by atoms with Crippen molar-refractivity contribution in [3.05, 3.63) is 89.2 Å². The molecular weight excluding hydrogens is 350 g/mol. The van der Waals surface area contributed by atoms with Crippen LogP contribution >= 0.6 is 0 Å². The van der Waals surface area contributed by atoms with E-state index in [1.807, 2.05) is 49.4 Å². The van der Waals surface area contributed by atoms with Crippen LogP contribution in [0.4, 0.5) is 0 Å². The highest BCUT2D eigenvalue weighted by atomic mass is 16.3. The van der Waals surface area contributed by atoms with Crippen molar-refractivity contribution in [2.75, 3.05) is 0 Å². The van der Waals surface area contributed by atoms with Crippen LogP contribution in [0, 0.1) is 22.7 Å². The second-order valence-corrected chi connectivity index (χ2v) is 6.14. The van der Waals surface area contributed by atoms with Gasteiger partial charge in [0.2, 0.25) is 0 Å². The molecule has 1 amide bonds. The van der Waals surface area contributed by atoms with E-state index in [2.05, 4.69) is 11.4 Å². The number of furan rings is 1. The van der Waals surface area contributed by atoms with Crippen LogP contribution in [0.25, 0.3) is 17.4 Å². The largest absolute Gasteiger partial charge is 0.457 e. The number of rotatable bonds is 5. The summed E-state index contributed by atoms with van der Waals surface area (Å²) in [6.07, 6.45) is 1.39. The van der Waals surface area contributed by atoms with E-state index < -0.39 is 5.91 Å². The lowest BCUT2D eigenvalue weighted by molar-refractivity contribution is -0.117. The predicted octanol–water partition coefficient (Wildman–Crippen LogP) is 4.60. The highest BCUT2D eigenvalue weighted by molar-refractivity contribution is 6.01. The zero-order valence-corrected chi connectivity index (χ0v) is 15.2. The van der Waals surface area contributed by atoms with Gasteiger partial charge in [-0.3, -0.25) is 4.79 Å². The molecule has 1 N–H and O–H groups in total. The molecule has 0 saturated carbocycles. The Kier molecular flexibility index (Phi) is 5.69. The fourth-order valence-corrected chi connectivity index (χ4v) is 2.76. The van der Waals surface area contributed by atoms with Crippen LogP contribution in [0.2, 0.25) is 0 Å². The van der Waals surface area contributed by atoms with Crippen LogP contribution in [0.5, 0.6) is 0 Å². The molecule has 5 heteroatoms. The smallest absolute Gasteiger partial charge is 0.262 e. The molecule has 3 rings (SSSR count). The summed E-state index contributed by atoms with van der Waals surface area (Å²) in [5.74, 6) is 0.384. The van der Waals surface area contributed by atoms with Crippen LogP contribution in [0.3, 0.4) is 0 Å². The van der Waals surface area contributed by atoms with E-state index >= 15 is 0 Å². The molecule has 1 atom stereocenters. The molecule has 28 heavy (non-hydrogen) atoms. The van der Waals surface area contributed by atoms with Gasteiger partial charge >= 0.3 is 0 Å². The Hall–Kier alpha value is -4.09. The minimum atomic E-state index is -0.478. The maximum absolute atomic E-state index is 12.5. The average Bonchev–Trinajstić information content (AvgIpc) is 3.20. The van der Waals surface area contributed by atoms with E-state index in [0.29, 0.717) is 22.6 Å². The number of carbonyl (C=O) groups is 1. The highest BCUT2D eigenvalue weighted by Gasteiger charge is 2.15. The minimum Gasteiger partial charge on any atom is -0.457 e. The Morgan fingerprint density at radius 3 is 2.46 bits per heavy atom. The molecule has 2 aromatic carbocycles. The zero-order valence-electron chi connectivity index (χ0n) is 15.2. The van der Waals surface area contributed by atoms with Crippen molar-refractivity contribution in [1.29, 1.82) is 10.5 Å². The molecule has 5 nitrogen and oxygen atoms in total. The maximum Gasteiger partial charge on any atom is 0.262 e. The highest BCUT2D eigenvalue weighted by Crippen LogP contribution is 2.26. The topological polar surface area (TPSA) is 89.8 Å². The molecule has 0 radical (unpaired) electrons. The lowest BCUT2D eigenvalue weighted by Gasteiger charge is -2.13. The molecule has 0 aliphatic rings. The monoisotopic (exact) mass is 367 g/mol. The van der Waals surface area contributed by atoms with Gasteiger partial charge in [-0.2, -0.15) is 10.5 Å². The van der Waals surface area contributed by atoms with Crippen molar-refractivity contribution in [3.8, 4) is 23.5 Å². The van der Waals surface area contributed by atoms with E-state index in [4.69, 9.17) is 4.42 Å². The van der Waals surface area contributed by atoms with E-state index in [1.165, 1.54) is 6.08 Å². The molecule has 136 valence electrons. The molecule has 0 spiro atoms. The number of hydrogen-bond acceptors (Lipinski definition) is 4. The summed E-state index contributed by atoms with van der Waals surface area (Å²) in [6, 6.07) is 23.7. The number of amides is 1. The third-order valence-corrected chi connectivity index (χ3v) is 4.24. The predicted molar refractivity (Wildman–Crippen MR) is 105 cm³/mol. The second kappa shape index (κ2) is 8.53. The number of benzene rings is 2. The van der Waals surface area contributed by atoms with E-state index in [1.54, 1.807) is 30.3 Å². The first kappa shape index (κ1) is 18.7. The van der Waals surface area contributed by atoms with Crippen LogP contribution < -0.4 is 5.32 Å². The van der Waals surface area contributed by atoms with Gasteiger partial charge in [0.25, 0.3) is 5.91 Å². The quantitative estimate of drug-likeness (QED) is 0.527. The fraction of sp³-hybridized carbons (Fsp3) is 0.0870. The van der Waals surface area contributed by atoms with E-state index in [0.717, 1.165) is 5.56 Å². The normalized spacial score (nSPS) is 11.9. The first-order valence-electron chi connectivity index (χ1n) is 8.69. The average molecular weight is 367 g/mol. The molecule has 0 unspecified atom stereocenters. The first-order valence-corrected chi connectivity index (χ1v) is 8.69. The van der Waals surface area contributed by atoms with Gasteiger partial charge in [0.15, 0.2) is 0 Å². The molecule has 0 aliphatic carbocycles. The standard InChI is InChI=1S/C23H17N3O2/c1-16(17-7-3-2-4-8-17)26-23(27)19(15-25)13-20-11-12-22(28-20)21-10-6-5-9-18(21)14-24/h2-13,16H,1H3,(H,26,27)/b19-13-/t16-/m0/s1. The maximum atomic E-state index is 12.5. The summed E-state index contributed by atoms with van der Waals surface area (Å²) < 4.78 is 5.73. The molecule has 0 fully saturated rings. The van der Waals surface area contributed by atoms with Gasteiger partial charge < -0.3 is 9.73 Å². The molecule has 3 aromatic rings. The number of nitrogens with one attached hydrogen (secondary N) is 1. The van der Waals surface area contributed by atoms with Crippen LogP contribution in [0.15, 0.2) is 76.7 Å². The van der Waals surface area contributed by atoms with Crippen molar-refractivity contribution >= 4 is 12.0 Å². The lowest BCUT2D eigenvalue weighted by Crippen LogP contribution is -2.27. The molecular formula is C23H17N3O2. The van der Waals surface area contributed by atoms with Crippen LogP contribution in [0.1, 0.15) is 29.9 Å². The van der Waals surface area contributed by atoms with Crippen LogP contribution in [-0.2, 0) is 4.79 Å². The fourth-order valence-electron chi connectivity index (χ4n) is 2.76. The molecule has 1 aromatic heterocycles. The van der Waals surface area contributed by atoms with Crippen molar-refractivity contribution in [2.24, 2.45) is 0 Å². The van der Waals surface area contributed by atoms with Gasteiger partial charge in [0.1, 0.15) is 23.2 Å². The van der Waals surface area contributed by atoms with Gasteiger partial charge in [-0.1, -0.05) is 42.5 Å². The van der Waals surface area contributed by atoms with E-state index in [9.17, 15) is 15.3 Å². The van der Waals surface area contributed by atoms with Gasteiger partial charge in [0, 0.05) is 11.6 Å². The summed E-state index contributed by atoms with van der Waals surface area (Å²) in [5.41, 5.74) is 2.03. The Balaban J connectivity index is 1.80. The lowest BCUT2D eigenvalue weighted by atomic mass is 10.1. The van der Waals surface area contributed by atoms with Gasteiger partial charge in [-0.15, -0.1) is 0 Å². The third-order valence-electron chi connectivity index (χ3n) is 4.24. The summed E-state index contributed by atoms with van der Waals surface area (Å²) in [4.78, 5) is 12.5. The Morgan fingerprint density at radius 1 is 1.04 bits per heavy atom. The summed E-state index contributed by atoms with van der Waals surface area (Å²) >= 11 is 0. The summed E-state index contributed by atoms with van der Waals surface area (Å²) in [5, 5.41) is 21.4. The number of nitrogens with zero attached hydrogens (tertiary/aromatic N) is 2. The molecule has 0 aliphatic heterocycles. The Bertz CT molecular complexity index is 1100. The number of carbonyl (C=O) groups excluding carboxylic acids is 1. The van der Waals surface area contributed by atoms with Gasteiger partial charge in [0.05, 0.1) is 17.7 Å². The van der Waals surface area contributed by atoms with Crippen molar-refractivity contribution in [2.45, 2.75) is 13.0 Å². The summed E-state index contributed by atoms with van der Waals surface area (Å²) in [6.45, 7) is 1.85. The molecule has 0 saturated heterocycles. The van der Waals surface area contributed by atoms with E-state index in [-0.39, 0.29) is 11.6 Å². The van der Waals surface area contributed by atoms with Crippen molar-refractivity contribution in [3.63, 3.8) is 0 Å². The molecule has 1 heterocycles. The SMILES string of the molecule is C[C@H](NC(=O)/C(C#N)=C\c1ccc(-c2ccccc2C#N)o1)c1ccccc1. The number of hydrogen-bond donors (Lipinski definition) is 1. The van der Waals surface area contributed by atoms with Gasteiger partial charge in [-0.25, -0.2) is 0 Å². The molecule has 0 bridgehead atoms. The first-order chi connectivity index (χ1) is 13.6. The summed E-state index contributed by atoms with van der Waals surface area (Å²) in [7, 11) is 0. The van der Waals surface area contributed by atoms with Gasteiger partial charge in [-0.05, 0) is 36.8 Å². The van der Waals surface area contributed by atoms with Crippen LogP contribution in [-0.4, -0.2) is 5.91 Å².